The van der Waals surface area contributed by atoms with E-state index in [9.17, 15) is 9.59 Å². The molecule has 0 radical (unpaired) electrons. The van der Waals surface area contributed by atoms with Crippen molar-refractivity contribution in [3.8, 4) is 0 Å². The van der Waals surface area contributed by atoms with Crippen molar-refractivity contribution in [3.05, 3.63) is 60.2 Å². The summed E-state index contributed by atoms with van der Waals surface area (Å²) in [5, 5.41) is 6.00. The fourth-order valence-corrected chi connectivity index (χ4v) is 2.65. The van der Waals surface area contributed by atoms with E-state index in [1.165, 1.54) is 4.90 Å². The summed E-state index contributed by atoms with van der Waals surface area (Å²) < 4.78 is 0. The zero-order chi connectivity index (χ0) is 16.2. The summed E-state index contributed by atoms with van der Waals surface area (Å²) in [4.78, 5) is 25.8. The normalized spacial score (nSPS) is 14.8. The van der Waals surface area contributed by atoms with E-state index in [1.54, 1.807) is 6.07 Å². The summed E-state index contributed by atoms with van der Waals surface area (Å²) in [6.07, 6.45) is 0. The van der Waals surface area contributed by atoms with E-state index in [4.69, 9.17) is 0 Å². The molecule has 23 heavy (non-hydrogen) atoms. The van der Waals surface area contributed by atoms with Gasteiger partial charge in [0.05, 0.1) is 17.9 Å². The van der Waals surface area contributed by atoms with Crippen LogP contribution >= 0.6 is 0 Å². The maximum absolute atomic E-state index is 12.5. The van der Waals surface area contributed by atoms with E-state index in [-0.39, 0.29) is 30.9 Å². The highest BCUT2D eigenvalue weighted by Gasteiger charge is 2.26. The van der Waals surface area contributed by atoms with Crippen LogP contribution < -0.4 is 15.5 Å². The number of fused-ring (bicyclic) bond motifs is 1. The molecule has 1 aliphatic heterocycles. The summed E-state index contributed by atoms with van der Waals surface area (Å²) in [5.74, 6) is -0.289. The molecule has 0 unspecified atom stereocenters. The molecule has 0 spiro atoms. The van der Waals surface area contributed by atoms with Crippen LogP contribution in [0.25, 0.3) is 0 Å². The number of anilines is 2. The van der Waals surface area contributed by atoms with Gasteiger partial charge in [-0.1, -0.05) is 42.5 Å². The molecule has 3 rings (SSSR count). The lowest BCUT2D eigenvalue weighted by Gasteiger charge is -2.29. The van der Waals surface area contributed by atoms with Crippen LogP contribution in [0.4, 0.5) is 11.4 Å². The summed E-state index contributed by atoms with van der Waals surface area (Å²) in [5.41, 5.74) is 2.54. The van der Waals surface area contributed by atoms with E-state index in [0.29, 0.717) is 5.69 Å². The predicted molar refractivity (Wildman–Crippen MR) is 90.3 cm³/mol. The van der Waals surface area contributed by atoms with Gasteiger partial charge in [-0.15, -0.1) is 0 Å². The van der Waals surface area contributed by atoms with Crippen LogP contribution in [-0.4, -0.2) is 24.9 Å². The Labute approximate surface area is 135 Å². The molecule has 2 aromatic carbocycles. The molecule has 0 fully saturated rings. The van der Waals surface area contributed by atoms with E-state index < -0.39 is 0 Å². The van der Waals surface area contributed by atoms with Crippen LogP contribution in [0.5, 0.6) is 0 Å². The molecule has 2 aromatic rings. The second-order valence-electron chi connectivity index (χ2n) is 5.56. The second kappa shape index (κ2) is 6.62. The summed E-state index contributed by atoms with van der Waals surface area (Å²) in [6.45, 7) is 2.24. The lowest BCUT2D eigenvalue weighted by atomic mass is 10.1. The molecule has 0 aliphatic carbocycles. The quantitative estimate of drug-likeness (QED) is 0.911. The molecular formula is C18H19N3O2. The lowest BCUT2D eigenvalue weighted by Crippen LogP contribution is -2.46. The molecule has 1 atom stereocenters. The van der Waals surface area contributed by atoms with Crippen molar-refractivity contribution >= 4 is 23.2 Å². The summed E-state index contributed by atoms with van der Waals surface area (Å²) >= 11 is 0. The Morgan fingerprint density at radius 2 is 1.87 bits per heavy atom. The molecule has 5 nitrogen and oxygen atoms in total. The van der Waals surface area contributed by atoms with Gasteiger partial charge in [-0.2, -0.15) is 0 Å². The molecule has 1 aliphatic rings. The van der Waals surface area contributed by atoms with Crippen LogP contribution in [0.2, 0.25) is 0 Å². The van der Waals surface area contributed by atoms with Crippen LogP contribution in [0.1, 0.15) is 18.5 Å². The van der Waals surface area contributed by atoms with Crippen LogP contribution in [0, 0.1) is 0 Å². The van der Waals surface area contributed by atoms with Gasteiger partial charge in [0.25, 0.3) is 0 Å². The SMILES string of the molecule is C[C@@H](NCC(=O)N1CC(=O)Nc2ccccc21)c1ccccc1. The van der Waals surface area contributed by atoms with Gasteiger partial charge >= 0.3 is 0 Å². The first-order valence-electron chi connectivity index (χ1n) is 7.63. The Morgan fingerprint density at radius 1 is 1.17 bits per heavy atom. The minimum atomic E-state index is -0.173. The van der Waals surface area contributed by atoms with E-state index in [0.717, 1.165) is 11.3 Å². The average Bonchev–Trinajstić information content (AvgIpc) is 2.59. The Morgan fingerprint density at radius 3 is 2.65 bits per heavy atom. The fraction of sp³-hybridized carbons (Fsp3) is 0.222. The van der Waals surface area contributed by atoms with E-state index in [1.807, 2.05) is 55.5 Å². The minimum Gasteiger partial charge on any atom is -0.323 e. The van der Waals surface area contributed by atoms with Crippen molar-refractivity contribution in [3.63, 3.8) is 0 Å². The molecule has 0 bridgehead atoms. The number of amides is 2. The predicted octanol–water partition coefficient (Wildman–Crippen LogP) is 2.32. The number of rotatable bonds is 4. The number of nitrogens with one attached hydrogen (secondary N) is 2. The molecule has 2 amide bonds. The second-order valence-corrected chi connectivity index (χ2v) is 5.56. The zero-order valence-corrected chi connectivity index (χ0v) is 13.0. The first-order valence-corrected chi connectivity index (χ1v) is 7.63. The Kier molecular flexibility index (Phi) is 4.39. The standard InChI is InChI=1S/C18H19N3O2/c1-13(14-7-3-2-4-8-14)19-11-18(23)21-12-17(22)20-15-9-5-6-10-16(15)21/h2-10,13,19H,11-12H2,1H3,(H,20,22)/t13-/m1/s1. The van der Waals surface area contributed by atoms with Gasteiger partial charge in [0.2, 0.25) is 11.8 Å². The van der Waals surface area contributed by atoms with Gasteiger partial charge in [0, 0.05) is 6.04 Å². The number of hydrogen-bond acceptors (Lipinski definition) is 3. The lowest BCUT2D eigenvalue weighted by molar-refractivity contribution is -0.121. The molecule has 118 valence electrons. The van der Waals surface area contributed by atoms with Crippen LogP contribution in [0.3, 0.4) is 0 Å². The summed E-state index contributed by atoms with van der Waals surface area (Å²) in [7, 11) is 0. The Balaban J connectivity index is 1.68. The zero-order valence-electron chi connectivity index (χ0n) is 13.0. The monoisotopic (exact) mass is 309 g/mol. The molecule has 0 aromatic heterocycles. The Bertz CT molecular complexity index is 715. The van der Waals surface area contributed by atoms with Gasteiger partial charge in [-0.3, -0.25) is 14.5 Å². The number of hydrogen-bond donors (Lipinski definition) is 2. The molecule has 5 heteroatoms. The van der Waals surface area contributed by atoms with Crippen molar-refractivity contribution < 1.29 is 9.59 Å². The first-order chi connectivity index (χ1) is 11.1. The largest absolute Gasteiger partial charge is 0.323 e. The van der Waals surface area contributed by atoms with Crippen LogP contribution in [0.15, 0.2) is 54.6 Å². The highest BCUT2D eigenvalue weighted by molar-refractivity contribution is 6.10. The minimum absolute atomic E-state index is 0.0528. The molecule has 0 saturated carbocycles. The van der Waals surface area contributed by atoms with Crippen LogP contribution in [-0.2, 0) is 9.59 Å². The van der Waals surface area contributed by atoms with Crippen molar-refractivity contribution in [2.45, 2.75) is 13.0 Å². The maximum atomic E-state index is 12.5. The van der Waals surface area contributed by atoms with Gasteiger partial charge in [0.1, 0.15) is 6.54 Å². The number of carbonyl (C=O) groups is 2. The number of benzene rings is 2. The highest BCUT2D eigenvalue weighted by Crippen LogP contribution is 2.28. The number of para-hydroxylation sites is 2. The maximum Gasteiger partial charge on any atom is 0.244 e. The van der Waals surface area contributed by atoms with Gasteiger partial charge in [0.15, 0.2) is 0 Å². The Hall–Kier alpha value is -2.66. The molecule has 2 N–H and O–H groups in total. The fourth-order valence-electron chi connectivity index (χ4n) is 2.65. The summed E-state index contributed by atoms with van der Waals surface area (Å²) in [6, 6.07) is 17.3. The number of carbonyl (C=O) groups excluding carboxylic acids is 2. The molecular weight excluding hydrogens is 290 g/mol. The van der Waals surface area contributed by atoms with Crippen molar-refractivity contribution in [1.82, 2.24) is 5.32 Å². The van der Waals surface area contributed by atoms with Crippen molar-refractivity contribution in [2.75, 3.05) is 23.3 Å². The van der Waals surface area contributed by atoms with Gasteiger partial charge in [-0.25, -0.2) is 0 Å². The van der Waals surface area contributed by atoms with Crippen molar-refractivity contribution in [2.24, 2.45) is 0 Å². The molecule has 0 saturated heterocycles. The topological polar surface area (TPSA) is 61.4 Å². The smallest absolute Gasteiger partial charge is 0.244 e. The van der Waals surface area contributed by atoms with E-state index in [2.05, 4.69) is 10.6 Å². The van der Waals surface area contributed by atoms with Gasteiger partial charge in [-0.05, 0) is 24.6 Å². The van der Waals surface area contributed by atoms with E-state index >= 15 is 0 Å². The van der Waals surface area contributed by atoms with Crippen molar-refractivity contribution in [1.29, 1.82) is 0 Å². The third-order valence-corrected chi connectivity index (χ3v) is 3.93. The number of nitrogens with zero attached hydrogens (tertiary/aromatic N) is 1. The average molecular weight is 309 g/mol. The molecule has 1 heterocycles. The third kappa shape index (κ3) is 3.40. The van der Waals surface area contributed by atoms with Gasteiger partial charge < -0.3 is 10.6 Å². The first kappa shape index (κ1) is 15.2. The highest BCUT2D eigenvalue weighted by atomic mass is 16.2. The third-order valence-electron chi connectivity index (χ3n) is 3.93.